The molecule has 33 heavy (non-hydrogen) atoms. The highest BCUT2D eigenvalue weighted by Gasteiger charge is 2.16. The number of para-hydroxylation sites is 2. The SMILES string of the molecule is CC[C@@H](C)Oc1cccc(C=Nn2c(-c3cc4ccccc4o3)nc3ccccc3c2=O)c1. The van der Waals surface area contributed by atoms with Gasteiger partial charge in [-0.15, -0.1) is 0 Å². The van der Waals surface area contributed by atoms with Crippen molar-refractivity contribution in [1.82, 2.24) is 9.66 Å². The molecule has 0 N–H and O–H groups in total. The van der Waals surface area contributed by atoms with Crippen LogP contribution in [0.1, 0.15) is 25.8 Å². The zero-order valence-electron chi connectivity index (χ0n) is 18.4. The summed E-state index contributed by atoms with van der Waals surface area (Å²) in [6.07, 6.45) is 2.66. The molecule has 0 amide bonds. The molecule has 6 nitrogen and oxygen atoms in total. The summed E-state index contributed by atoms with van der Waals surface area (Å²) in [7, 11) is 0. The standard InChI is InChI=1S/C27H23N3O3/c1-3-18(2)32-21-11-8-9-19(15-21)17-28-30-26(25-16-20-10-4-7-14-24(20)33-25)29-23-13-6-5-12-22(23)27(30)31/h4-18H,3H2,1-2H3/t18-/m1/s1. The summed E-state index contributed by atoms with van der Waals surface area (Å²) < 4.78 is 13.2. The Bertz CT molecular complexity index is 1500. The number of hydrogen-bond donors (Lipinski definition) is 0. The largest absolute Gasteiger partial charge is 0.491 e. The molecule has 0 aliphatic carbocycles. The molecule has 1 atom stereocenters. The average molecular weight is 437 g/mol. The van der Waals surface area contributed by atoms with E-state index in [-0.39, 0.29) is 11.7 Å². The molecule has 0 bridgehead atoms. The minimum absolute atomic E-state index is 0.115. The lowest BCUT2D eigenvalue weighted by atomic mass is 10.2. The maximum atomic E-state index is 13.4. The normalized spacial score (nSPS) is 12.5. The first-order valence-corrected chi connectivity index (χ1v) is 10.9. The van der Waals surface area contributed by atoms with Gasteiger partial charge in [0.25, 0.3) is 5.56 Å². The second kappa shape index (κ2) is 8.74. The van der Waals surface area contributed by atoms with Crippen LogP contribution in [-0.2, 0) is 0 Å². The Hall–Kier alpha value is -4.19. The molecule has 2 heterocycles. The topological polar surface area (TPSA) is 69.6 Å². The van der Waals surface area contributed by atoms with E-state index in [1.807, 2.05) is 79.7 Å². The molecule has 3 aromatic carbocycles. The van der Waals surface area contributed by atoms with E-state index in [1.54, 1.807) is 12.3 Å². The highest BCUT2D eigenvalue weighted by molar-refractivity contribution is 5.84. The summed E-state index contributed by atoms with van der Waals surface area (Å²) in [4.78, 5) is 18.1. The van der Waals surface area contributed by atoms with E-state index in [4.69, 9.17) is 14.1 Å². The summed E-state index contributed by atoms with van der Waals surface area (Å²) in [5, 5.41) is 5.93. The summed E-state index contributed by atoms with van der Waals surface area (Å²) in [5.74, 6) is 1.58. The smallest absolute Gasteiger partial charge is 0.282 e. The molecule has 2 aromatic heterocycles. The van der Waals surface area contributed by atoms with Gasteiger partial charge in [0.15, 0.2) is 5.76 Å². The van der Waals surface area contributed by atoms with E-state index < -0.39 is 0 Å². The number of hydrogen-bond acceptors (Lipinski definition) is 5. The molecular formula is C27H23N3O3. The Labute approximate surface area is 190 Å². The van der Waals surface area contributed by atoms with Crippen LogP contribution >= 0.6 is 0 Å². The fourth-order valence-electron chi connectivity index (χ4n) is 3.59. The fraction of sp³-hybridized carbons (Fsp3) is 0.148. The first-order valence-electron chi connectivity index (χ1n) is 10.9. The highest BCUT2D eigenvalue weighted by Crippen LogP contribution is 2.27. The first-order chi connectivity index (χ1) is 16.1. The number of benzene rings is 3. The van der Waals surface area contributed by atoms with E-state index in [2.05, 4.69) is 12.0 Å². The van der Waals surface area contributed by atoms with Gasteiger partial charge in [0.2, 0.25) is 5.82 Å². The van der Waals surface area contributed by atoms with E-state index in [0.29, 0.717) is 22.5 Å². The lowest BCUT2D eigenvalue weighted by Crippen LogP contribution is -2.20. The van der Waals surface area contributed by atoms with Crippen molar-refractivity contribution in [3.05, 3.63) is 94.8 Å². The van der Waals surface area contributed by atoms with Gasteiger partial charge in [-0.05, 0) is 55.3 Å². The third-order valence-corrected chi connectivity index (χ3v) is 5.49. The zero-order valence-corrected chi connectivity index (χ0v) is 18.4. The van der Waals surface area contributed by atoms with Gasteiger partial charge in [0.05, 0.1) is 23.2 Å². The van der Waals surface area contributed by atoms with Gasteiger partial charge in [0.1, 0.15) is 11.3 Å². The van der Waals surface area contributed by atoms with Crippen LogP contribution in [0.2, 0.25) is 0 Å². The van der Waals surface area contributed by atoms with Crippen LogP contribution in [0.15, 0.2) is 93.2 Å². The van der Waals surface area contributed by atoms with Gasteiger partial charge in [-0.1, -0.05) is 49.4 Å². The van der Waals surface area contributed by atoms with Crippen LogP contribution in [0.3, 0.4) is 0 Å². The second-order valence-corrected chi connectivity index (χ2v) is 7.87. The Morgan fingerprint density at radius 2 is 1.88 bits per heavy atom. The number of ether oxygens (including phenoxy) is 1. The Morgan fingerprint density at radius 3 is 2.73 bits per heavy atom. The van der Waals surface area contributed by atoms with Crippen molar-refractivity contribution in [3.63, 3.8) is 0 Å². The molecule has 0 fully saturated rings. The van der Waals surface area contributed by atoms with Gasteiger partial charge < -0.3 is 9.15 Å². The molecule has 0 unspecified atom stereocenters. The summed E-state index contributed by atoms with van der Waals surface area (Å²) >= 11 is 0. The lowest BCUT2D eigenvalue weighted by molar-refractivity contribution is 0.217. The minimum atomic E-state index is -0.265. The van der Waals surface area contributed by atoms with Gasteiger partial charge in [-0.25, -0.2) is 4.98 Å². The minimum Gasteiger partial charge on any atom is -0.491 e. The first kappa shape index (κ1) is 20.7. The number of rotatable bonds is 6. The Kier molecular flexibility index (Phi) is 5.48. The second-order valence-electron chi connectivity index (χ2n) is 7.87. The molecule has 164 valence electrons. The van der Waals surface area contributed by atoms with Crippen molar-refractivity contribution < 1.29 is 9.15 Å². The molecule has 0 spiro atoms. The van der Waals surface area contributed by atoms with Crippen LogP contribution in [0.4, 0.5) is 0 Å². The predicted octanol–water partition coefficient (Wildman–Crippen LogP) is 5.87. The highest BCUT2D eigenvalue weighted by atomic mass is 16.5. The number of aromatic nitrogens is 2. The van der Waals surface area contributed by atoms with Crippen molar-refractivity contribution in [1.29, 1.82) is 0 Å². The van der Waals surface area contributed by atoms with Gasteiger partial charge >= 0.3 is 0 Å². The van der Waals surface area contributed by atoms with Crippen LogP contribution in [0, 0.1) is 0 Å². The monoisotopic (exact) mass is 437 g/mol. The quantitative estimate of drug-likeness (QED) is 0.312. The fourth-order valence-corrected chi connectivity index (χ4v) is 3.59. The molecule has 0 saturated heterocycles. The maximum absolute atomic E-state index is 13.4. The average Bonchev–Trinajstić information content (AvgIpc) is 3.28. The molecular weight excluding hydrogens is 414 g/mol. The van der Waals surface area contributed by atoms with Gasteiger partial charge in [0, 0.05) is 5.39 Å². The number of fused-ring (bicyclic) bond motifs is 2. The molecule has 0 saturated carbocycles. The molecule has 6 heteroatoms. The van der Waals surface area contributed by atoms with Crippen LogP contribution in [-0.4, -0.2) is 22.0 Å². The van der Waals surface area contributed by atoms with Gasteiger partial charge in [-0.3, -0.25) is 4.79 Å². The third-order valence-electron chi connectivity index (χ3n) is 5.49. The van der Waals surface area contributed by atoms with E-state index >= 15 is 0 Å². The van der Waals surface area contributed by atoms with E-state index in [1.165, 1.54) is 4.68 Å². The van der Waals surface area contributed by atoms with Crippen molar-refractivity contribution in [2.75, 3.05) is 0 Å². The molecule has 5 rings (SSSR count). The van der Waals surface area contributed by atoms with Crippen LogP contribution < -0.4 is 10.3 Å². The Balaban J connectivity index is 1.63. The predicted molar refractivity (Wildman–Crippen MR) is 131 cm³/mol. The number of nitrogens with zero attached hydrogens (tertiary/aromatic N) is 3. The third kappa shape index (κ3) is 4.15. The van der Waals surface area contributed by atoms with Crippen molar-refractivity contribution >= 4 is 28.1 Å². The summed E-state index contributed by atoms with van der Waals surface area (Å²) in [5.41, 5.74) is 1.86. The van der Waals surface area contributed by atoms with Crippen molar-refractivity contribution in [2.24, 2.45) is 5.10 Å². The summed E-state index contributed by atoms with van der Waals surface area (Å²) in [6.45, 7) is 4.11. The molecule has 0 aliphatic rings. The molecule has 0 radical (unpaired) electrons. The van der Waals surface area contributed by atoms with E-state index in [0.717, 1.165) is 28.7 Å². The maximum Gasteiger partial charge on any atom is 0.282 e. The van der Waals surface area contributed by atoms with Crippen molar-refractivity contribution in [2.45, 2.75) is 26.4 Å². The number of furan rings is 1. The Morgan fingerprint density at radius 1 is 1.06 bits per heavy atom. The van der Waals surface area contributed by atoms with Crippen LogP contribution in [0.25, 0.3) is 33.5 Å². The lowest BCUT2D eigenvalue weighted by Gasteiger charge is -2.12. The van der Waals surface area contributed by atoms with Gasteiger partial charge in [-0.2, -0.15) is 9.78 Å². The zero-order chi connectivity index (χ0) is 22.8. The molecule has 0 aliphatic heterocycles. The van der Waals surface area contributed by atoms with E-state index in [9.17, 15) is 4.79 Å². The summed E-state index contributed by atoms with van der Waals surface area (Å²) in [6, 6.07) is 24.4. The van der Waals surface area contributed by atoms with Crippen LogP contribution in [0.5, 0.6) is 5.75 Å². The molecule has 5 aromatic rings. The van der Waals surface area contributed by atoms with Crippen molar-refractivity contribution in [3.8, 4) is 17.3 Å².